The molecule has 0 unspecified atom stereocenters. The van der Waals surface area contributed by atoms with E-state index in [1.165, 1.54) is 0 Å². The summed E-state index contributed by atoms with van der Waals surface area (Å²) in [7, 11) is 0. The number of nitrogens with zero attached hydrogens (tertiary/aromatic N) is 3. The second-order valence-electron chi connectivity index (χ2n) is 6.11. The molecule has 122 valence electrons. The average molecular weight is 323 g/mol. The summed E-state index contributed by atoms with van der Waals surface area (Å²) in [4.78, 5) is 40.0. The third-order valence-corrected chi connectivity index (χ3v) is 4.34. The first-order valence-electron chi connectivity index (χ1n) is 7.87. The van der Waals surface area contributed by atoms with E-state index in [-0.39, 0.29) is 11.5 Å². The number of aromatic nitrogens is 4. The van der Waals surface area contributed by atoms with Crippen LogP contribution in [0.25, 0.3) is 11.0 Å². The molecule has 0 amide bonds. The Balaban J connectivity index is 1.51. The SMILES string of the molecule is Cc1ncc2c(n1)CCN(CC(=O)c1ccc3[nH]c(=O)[nH]c3c1)C2. The molecule has 0 spiro atoms. The molecule has 0 bridgehead atoms. The van der Waals surface area contributed by atoms with Crippen LogP contribution in [0.2, 0.25) is 0 Å². The summed E-state index contributed by atoms with van der Waals surface area (Å²) in [6, 6.07) is 5.22. The lowest BCUT2D eigenvalue weighted by atomic mass is 10.1. The molecule has 0 saturated carbocycles. The van der Waals surface area contributed by atoms with Gasteiger partial charge in [-0.2, -0.15) is 0 Å². The van der Waals surface area contributed by atoms with Crippen LogP contribution in [0.15, 0.2) is 29.2 Å². The molecule has 0 aliphatic carbocycles. The molecule has 1 aliphatic rings. The van der Waals surface area contributed by atoms with E-state index in [1.54, 1.807) is 18.2 Å². The molecule has 0 fully saturated rings. The molecular weight excluding hydrogens is 306 g/mol. The van der Waals surface area contributed by atoms with Gasteiger partial charge in [0.2, 0.25) is 0 Å². The Kier molecular flexibility index (Phi) is 3.50. The topological polar surface area (TPSA) is 94.7 Å². The molecular formula is C17H17N5O2. The van der Waals surface area contributed by atoms with Crippen molar-refractivity contribution >= 4 is 16.8 Å². The smallest absolute Gasteiger partial charge is 0.306 e. The Hall–Kier alpha value is -2.80. The highest BCUT2D eigenvalue weighted by Gasteiger charge is 2.20. The van der Waals surface area contributed by atoms with Crippen LogP contribution < -0.4 is 5.69 Å². The molecule has 24 heavy (non-hydrogen) atoms. The number of hydrogen-bond acceptors (Lipinski definition) is 5. The molecule has 0 atom stereocenters. The largest absolute Gasteiger partial charge is 0.323 e. The molecule has 0 saturated heterocycles. The van der Waals surface area contributed by atoms with Crippen molar-refractivity contribution in [1.82, 2.24) is 24.8 Å². The summed E-state index contributed by atoms with van der Waals surface area (Å²) in [5.74, 6) is 0.822. The van der Waals surface area contributed by atoms with E-state index in [4.69, 9.17) is 0 Å². The van der Waals surface area contributed by atoms with Gasteiger partial charge in [0.05, 0.1) is 17.6 Å². The minimum atomic E-state index is -0.266. The molecule has 4 rings (SSSR count). The van der Waals surface area contributed by atoms with E-state index in [9.17, 15) is 9.59 Å². The summed E-state index contributed by atoms with van der Waals surface area (Å²) in [5, 5.41) is 0. The molecule has 1 aliphatic heterocycles. The van der Waals surface area contributed by atoms with Gasteiger partial charge in [-0.05, 0) is 25.1 Å². The Bertz CT molecular complexity index is 988. The van der Waals surface area contributed by atoms with Crippen molar-refractivity contribution in [1.29, 1.82) is 0 Å². The molecule has 2 aromatic heterocycles. The monoisotopic (exact) mass is 323 g/mol. The second-order valence-corrected chi connectivity index (χ2v) is 6.11. The number of aromatic amines is 2. The lowest BCUT2D eigenvalue weighted by molar-refractivity contribution is 0.0921. The fourth-order valence-electron chi connectivity index (χ4n) is 3.11. The van der Waals surface area contributed by atoms with Gasteiger partial charge in [-0.15, -0.1) is 0 Å². The zero-order valence-corrected chi connectivity index (χ0v) is 13.3. The first-order chi connectivity index (χ1) is 11.6. The van der Waals surface area contributed by atoms with E-state index in [0.717, 1.165) is 30.0 Å². The van der Waals surface area contributed by atoms with Crippen molar-refractivity contribution in [2.24, 2.45) is 0 Å². The van der Waals surface area contributed by atoms with Gasteiger partial charge in [0.15, 0.2) is 5.78 Å². The number of nitrogens with one attached hydrogen (secondary N) is 2. The molecule has 7 heteroatoms. The molecule has 3 aromatic rings. The average Bonchev–Trinajstić information content (AvgIpc) is 2.94. The van der Waals surface area contributed by atoms with Gasteiger partial charge in [-0.1, -0.05) is 0 Å². The Morgan fingerprint density at radius 1 is 1.29 bits per heavy atom. The van der Waals surface area contributed by atoms with Gasteiger partial charge in [0.25, 0.3) is 0 Å². The zero-order valence-electron chi connectivity index (χ0n) is 13.3. The third kappa shape index (κ3) is 2.74. The molecule has 0 radical (unpaired) electrons. The number of hydrogen-bond donors (Lipinski definition) is 2. The first kappa shape index (κ1) is 14.8. The number of H-pyrrole nitrogens is 2. The quantitative estimate of drug-likeness (QED) is 0.706. The van der Waals surface area contributed by atoms with Crippen LogP contribution in [0.3, 0.4) is 0 Å². The lowest BCUT2D eigenvalue weighted by Gasteiger charge is -2.27. The number of Topliss-reactive ketones (excluding diaryl/α,β-unsaturated/α-hetero) is 1. The van der Waals surface area contributed by atoms with Crippen LogP contribution in [-0.4, -0.2) is 43.7 Å². The minimum Gasteiger partial charge on any atom is -0.306 e. The number of imidazole rings is 1. The van der Waals surface area contributed by atoms with Crippen LogP contribution in [0.1, 0.15) is 27.4 Å². The normalized spacial score (nSPS) is 14.7. The van der Waals surface area contributed by atoms with E-state index < -0.39 is 0 Å². The number of rotatable bonds is 3. The maximum absolute atomic E-state index is 12.6. The van der Waals surface area contributed by atoms with Gasteiger partial charge in [0, 0.05) is 42.5 Å². The number of ketones is 1. The van der Waals surface area contributed by atoms with Gasteiger partial charge in [-0.25, -0.2) is 14.8 Å². The molecule has 1 aromatic carbocycles. The highest BCUT2D eigenvalue weighted by Crippen LogP contribution is 2.17. The zero-order chi connectivity index (χ0) is 16.7. The van der Waals surface area contributed by atoms with E-state index >= 15 is 0 Å². The van der Waals surface area contributed by atoms with Gasteiger partial charge in [-0.3, -0.25) is 9.69 Å². The second kappa shape index (κ2) is 5.68. The van der Waals surface area contributed by atoms with Crippen molar-refractivity contribution in [2.75, 3.05) is 13.1 Å². The highest BCUT2D eigenvalue weighted by atomic mass is 16.1. The number of benzene rings is 1. The third-order valence-electron chi connectivity index (χ3n) is 4.34. The predicted octanol–water partition coefficient (Wildman–Crippen LogP) is 1.20. The van der Waals surface area contributed by atoms with Gasteiger partial charge >= 0.3 is 5.69 Å². The minimum absolute atomic E-state index is 0.0374. The summed E-state index contributed by atoms with van der Waals surface area (Å²) < 4.78 is 0. The number of aryl methyl sites for hydroxylation is 1. The fraction of sp³-hybridized carbons (Fsp3) is 0.294. The molecule has 2 N–H and O–H groups in total. The Morgan fingerprint density at radius 2 is 2.12 bits per heavy atom. The van der Waals surface area contributed by atoms with Crippen molar-refractivity contribution < 1.29 is 4.79 Å². The van der Waals surface area contributed by atoms with Crippen LogP contribution in [0, 0.1) is 6.92 Å². The van der Waals surface area contributed by atoms with E-state index in [0.29, 0.717) is 29.7 Å². The molecule has 3 heterocycles. The van der Waals surface area contributed by atoms with Gasteiger partial charge in [0.1, 0.15) is 5.82 Å². The first-order valence-corrected chi connectivity index (χ1v) is 7.87. The number of fused-ring (bicyclic) bond motifs is 2. The lowest BCUT2D eigenvalue weighted by Crippen LogP contribution is -2.35. The van der Waals surface area contributed by atoms with Crippen LogP contribution in [-0.2, 0) is 13.0 Å². The summed E-state index contributed by atoms with van der Waals surface area (Å²) in [6.07, 6.45) is 2.68. The van der Waals surface area contributed by atoms with Crippen molar-refractivity contribution in [2.45, 2.75) is 19.9 Å². The van der Waals surface area contributed by atoms with Crippen LogP contribution in [0.4, 0.5) is 0 Å². The summed E-state index contributed by atoms with van der Waals surface area (Å²) in [6.45, 7) is 3.72. The molecule has 7 nitrogen and oxygen atoms in total. The Morgan fingerprint density at radius 3 is 3.00 bits per heavy atom. The number of carbonyl (C=O) groups excluding carboxylic acids is 1. The maximum Gasteiger partial charge on any atom is 0.323 e. The Labute approximate surface area is 137 Å². The van der Waals surface area contributed by atoms with Crippen molar-refractivity contribution in [3.8, 4) is 0 Å². The van der Waals surface area contributed by atoms with Crippen molar-refractivity contribution in [3.63, 3.8) is 0 Å². The number of carbonyl (C=O) groups is 1. The summed E-state index contributed by atoms with van der Waals surface area (Å²) >= 11 is 0. The van der Waals surface area contributed by atoms with E-state index in [1.807, 2.05) is 13.1 Å². The van der Waals surface area contributed by atoms with Crippen LogP contribution in [0.5, 0.6) is 0 Å². The van der Waals surface area contributed by atoms with Crippen LogP contribution >= 0.6 is 0 Å². The fourth-order valence-corrected chi connectivity index (χ4v) is 3.11. The van der Waals surface area contributed by atoms with Gasteiger partial charge < -0.3 is 9.97 Å². The highest BCUT2D eigenvalue weighted by molar-refractivity contribution is 6.00. The maximum atomic E-state index is 12.6. The standard InChI is InChI=1S/C17H17N5O2/c1-10-18-7-12-8-22(5-4-13(12)19-10)9-16(23)11-2-3-14-15(6-11)21-17(24)20-14/h2-3,6-7H,4-5,8-9H2,1H3,(H2,20,21,24). The van der Waals surface area contributed by atoms with E-state index in [2.05, 4.69) is 24.8 Å². The van der Waals surface area contributed by atoms with Crippen molar-refractivity contribution in [3.05, 3.63) is 57.5 Å². The predicted molar refractivity (Wildman–Crippen MR) is 89.0 cm³/mol. The summed E-state index contributed by atoms with van der Waals surface area (Å²) in [5.41, 5.74) is 3.86.